The van der Waals surface area contributed by atoms with Gasteiger partial charge in [0.1, 0.15) is 11.8 Å². The maximum atomic E-state index is 12.3. The van der Waals surface area contributed by atoms with E-state index in [4.69, 9.17) is 10.5 Å². The number of benzene rings is 1. The quantitative estimate of drug-likeness (QED) is 0.163. The van der Waals surface area contributed by atoms with E-state index in [1.54, 1.807) is 24.8 Å². The highest BCUT2D eigenvalue weighted by Crippen LogP contribution is 2.30. The third kappa shape index (κ3) is 9.48. The molecule has 236 valence electrons. The summed E-state index contributed by atoms with van der Waals surface area (Å²) in [6.45, 7) is 3.00. The average Bonchev–Trinajstić information content (AvgIpc) is 3.08. The van der Waals surface area contributed by atoms with Crippen molar-refractivity contribution in [3.05, 3.63) is 149 Å². The standard InChI is InChI=1S/C36H39N7O3/c1-46-36(45)34(37)20-27-18-28(21-42(23-30-10-2-6-14-38-30)24-31-11-3-7-15-39-31)35(44)29(19-27)22-43(25-32-12-4-8-16-40-32)26-33-13-5-9-17-41-33/h2-19,34,44H,20-26,37H2,1H3. The summed E-state index contributed by atoms with van der Waals surface area (Å²) < 4.78 is 4.91. The highest BCUT2D eigenvalue weighted by molar-refractivity contribution is 5.75. The summed E-state index contributed by atoms with van der Waals surface area (Å²) in [7, 11) is 1.33. The lowest BCUT2D eigenvalue weighted by Gasteiger charge is -2.26. The Hall–Kier alpha value is -5.03. The van der Waals surface area contributed by atoms with Crippen molar-refractivity contribution < 1.29 is 14.6 Å². The molecule has 4 heterocycles. The number of nitrogens with two attached hydrogens (primary N) is 1. The summed E-state index contributed by atoms with van der Waals surface area (Å²) in [6, 6.07) is 26.3. The average molecular weight is 618 g/mol. The summed E-state index contributed by atoms with van der Waals surface area (Å²) in [5, 5.41) is 11.8. The van der Waals surface area contributed by atoms with Crippen LogP contribution in [0, 0.1) is 0 Å². The van der Waals surface area contributed by atoms with Crippen LogP contribution in [-0.4, -0.2) is 54.0 Å². The lowest BCUT2D eigenvalue weighted by Crippen LogP contribution is -2.33. The summed E-state index contributed by atoms with van der Waals surface area (Å²) >= 11 is 0. The molecule has 3 N–H and O–H groups in total. The molecule has 1 atom stereocenters. The number of carbonyl (C=O) groups excluding carboxylic acids is 1. The minimum atomic E-state index is -0.841. The molecule has 10 nitrogen and oxygen atoms in total. The topological polar surface area (TPSA) is 131 Å². The molecule has 0 bridgehead atoms. The monoisotopic (exact) mass is 617 g/mol. The maximum absolute atomic E-state index is 12.3. The molecule has 46 heavy (non-hydrogen) atoms. The van der Waals surface area contributed by atoms with Gasteiger partial charge in [0.25, 0.3) is 0 Å². The van der Waals surface area contributed by atoms with Gasteiger partial charge in [0.05, 0.1) is 29.9 Å². The van der Waals surface area contributed by atoms with Crippen molar-refractivity contribution in [3.8, 4) is 5.75 Å². The van der Waals surface area contributed by atoms with Crippen molar-refractivity contribution >= 4 is 5.97 Å². The molecule has 5 rings (SSSR count). The third-order valence-electron chi connectivity index (χ3n) is 7.52. The van der Waals surface area contributed by atoms with E-state index in [0.29, 0.717) is 50.4 Å². The molecule has 0 saturated carbocycles. The number of ether oxygens (including phenoxy) is 1. The van der Waals surface area contributed by atoms with Crippen LogP contribution in [0.4, 0.5) is 0 Å². The Morgan fingerprint density at radius 3 is 1.35 bits per heavy atom. The Labute approximate surface area is 269 Å². The summed E-state index contributed by atoms with van der Waals surface area (Å²) in [4.78, 5) is 34.8. The highest BCUT2D eigenvalue weighted by atomic mass is 16.5. The fraction of sp³-hybridized carbons (Fsp3) is 0.250. The van der Waals surface area contributed by atoms with Gasteiger partial charge in [0.15, 0.2) is 0 Å². The molecule has 0 saturated heterocycles. The molecule has 0 radical (unpaired) electrons. The van der Waals surface area contributed by atoms with E-state index in [2.05, 4.69) is 29.7 Å². The number of nitrogens with zero attached hydrogens (tertiary/aromatic N) is 6. The molecule has 0 aliphatic rings. The van der Waals surface area contributed by atoms with Crippen molar-refractivity contribution in [1.82, 2.24) is 29.7 Å². The first kappa shape index (κ1) is 32.4. The molecule has 1 unspecified atom stereocenters. The number of aromatic hydroxyl groups is 1. The fourth-order valence-electron chi connectivity index (χ4n) is 5.38. The van der Waals surface area contributed by atoms with Crippen LogP contribution in [0.15, 0.2) is 110 Å². The third-order valence-corrected chi connectivity index (χ3v) is 7.52. The maximum Gasteiger partial charge on any atom is 0.322 e. The van der Waals surface area contributed by atoms with Gasteiger partial charge in [-0.2, -0.15) is 0 Å². The van der Waals surface area contributed by atoms with Crippen LogP contribution in [0.2, 0.25) is 0 Å². The van der Waals surface area contributed by atoms with Crippen molar-refractivity contribution in [2.75, 3.05) is 7.11 Å². The van der Waals surface area contributed by atoms with Gasteiger partial charge in [-0.3, -0.25) is 34.5 Å². The number of hydrogen-bond donors (Lipinski definition) is 2. The lowest BCUT2D eigenvalue weighted by molar-refractivity contribution is -0.142. The van der Waals surface area contributed by atoms with E-state index in [-0.39, 0.29) is 12.2 Å². The SMILES string of the molecule is COC(=O)C(N)Cc1cc(CN(Cc2ccccn2)Cc2ccccn2)c(O)c(CN(Cc2ccccn2)Cc2ccccn2)c1. The van der Waals surface area contributed by atoms with E-state index in [0.717, 1.165) is 28.3 Å². The predicted molar refractivity (Wildman–Crippen MR) is 175 cm³/mol. The molecular weight excluding hydrogens is 578 g/mol. The molecule has 0 amide bonds. The number of pyridine rings is 4. The molecular formula is C36H39N7O3. The number of phenols is 1. The number of esters is 1. The Kier molecular flexibility index (Phi) is 11.5. The second-order valence-electron chi connectivity index (χ2n) is 11.2. The van der Waals surface area contributed by atoms with Crippen LogP contribution in [0.3, 0.4) is 0 Å². The van der Waals surface area contributed by atoms with Crippen LogP contribution < -0.4 is 5.73 Å². The van der Waals surface area contributed by atoms with Crippen LogP contribution >= 0.6 is 0 Å². The van der Waals surface area contributed by atoms with Crippen molar-refractivity contribution in [3.63, 3.8) is 0 Å². The first-order valence-corrected chi connectivity index (χ1v) is 15.2. The van der Waals surface area contributed by atoms with E-state index in [9.17, 15) is 9.90 Å². The van der Waals surface area contributed by atoms with Gasteiger partial charge in [0, 0.05) is 75.2 Å². The fourth-order valence-corrected chi connectivity index (χ4v) is 5.38. The summed E-state index contributed by atoms with van der Waals surface area (Å²) in [5.74, 6) is -0.301. The second-order valence-corrected chi connectivity index (χ2v) is 11.2. The predicted octanol–water partition coefficient (Wildman–Crippen LogP) is 4.42. The Balaban J connectivity index is 1.49. The van der Waals surface area contributed by atoms with Crippen molar-refractivity contribution in [1.29, 1.82) is 0 Å². The number of hydrogen-bond acceptors (Lipinski definition) is 10. The van der Waals surface area contributed by atoms with E-state index >= 15 is 0 Å². The minimum absolute atomic E-state index is 0.189. The van der Waals surface area contributed by atoms with Gasteiger partial charge in [0.2, 0.25) is 0 Å². The number of phenolic OH excluding ortho intramolecular Hbond substituents is 1. The van der Waals surface area contributed by atoms with E-state index < -0.39 is 12.0 Å². The molecule has 0 fully saturated rings. The molecule has 0 aliphatic heterocycles. The summed E-state index contributed by atoms with van der Waals surface area (Å²) in [6.07, 6.45) is 7.35. The van der Waals surface area contributed by atoms with Crippen LogP contribution in [0.1, 0.15) is 39.5 Å². The summed E-state index contributed by atoms with van der Waals surface area (Å²) in [5.41, 5.74) is 12.1. The Morgan fingerprint density at radius 2 is 1.04 bits per heavy atom. The smallest absolute Gasteiger partial charge is 0.322 e. The second kappa shape index (κ2) is 16.3. The normalized spacial score (nSPS) is 11.9. The van der Waals surface area contributed by atoms with Gasteiger partial charge in [-0.15, -0.1) is 0 Å². The zero-order valence-corrected chi connectivity index (χ0v) is 25.9. The van der Waals surface area contributed by atoms with Crippen LogP contribution in [-0.2, 0) is 55.2 Å². The first-order valence-electron chi connectivity index (χ1n) is 15.2. The Morgan fingerprint density at radius 1 is 0.674 bits per heavy atom. The van der Waals surface area contributed by atoms with Crippen molar-refractivity contribution in [2.45, 2.75) is 51.7 Å². The molecule has 0 spiro atoms. The zero-order valence-electron chi connectivity index (χ0n) is 25.9. The van der Waals surface area contributed by atoms with Gasteiger partial charge in [-0.05, 0) is 60.5 Å². The van der Waals surface area contributed by atoms with Crippen LogP contribution in [0.5, 0.6) is 5.75 Å². The largest absolute Gasteiger partial charge is 0.507 e. The Bertz CT molecular complexity index is 1470. The minimum Gasteiger partial charge on any atom is -0.507 e. The molecule has 4 aromatic heterocycles. The molecule has 0 aliphatic carbocycles. The first-order chi connectivity index (χ1) is 22.5. The van der Waals surface area contributed by atoms with Gasteiger partial charge in [-0.25, -0.2) is 0 Å². The number of aromatic nitrogens is 4. The highest BCUT2D eigenvalue weighted by Gasteiger charge is 2.21. The molecule has 5 aromatic rings. The van der Waals surface area contributed by atoms with Gasteiger partial charge in [-0.1, -0.05) is 36.4 Å². The molecule has 1 aromatic carbocycles. The van der Waals surface area contributed by atoms with Gasteiger partial charge < -0.3 is 15.6 Å². The molecule has 10 heteroatoms. The van der Waals surface area contributed by atoms with Crippen molar-refractivity contribution in [2.24, 2.45) is 5.73 Å². The number of carbonyl (C=O) groups is 1. The van der Waals surface area contributed by atoms with E-state index in [1.807, 2.05) is 84.9 Å². The van der Waals surface area contributed by atoms with E-state index in [1.165, 1.54) is 7.11 Å². The zero-order chi connectivity index (χ0) is 32.1. The van der Waals surface area contributed by atoms with Gasteiger partial charge >= 0.3 is 5.97 Å². The number of methoxy groups -OCH3 is 1. The lowest BCUT2D eigenvalue weighted by atomic mass is 9.98. The van der Waals surface area contributed by atoms with Crippen LogP contribution in [0.25, 0.3) is 0 Å². The number of rotatable bonds is 15.